The second-order valence-corrected chi connectivity index (χ2v) is 7.94. The lowest BCUT2D eigenvalue weighted by Gasteiger charge is -2.30. The van der Waals surface area contributed by atoms with Crippen LogP contribution in [-0.4, -0.2) is 56.4 Å². The van der Waals surface area contributed by atoms with Gasteiger partial charge < -0.3 is 19.7 Å². The van der Waals surface area contributed by atoms with Crippen LogP contribution < -0.4 is 0 Å². The Balaban J connectivity index is 0.00000300. The molecule has 0 spiro atoms. The Morgan fingerprint density at radius 1 is 1.10 bits per heavy atom. The van der Waals surface area contributed by atoms with Gasteiger partial charge in [-0.05, 0) is 31.3 Å². The molecule has 2 N–H and O–H groups in total. The second kappa shape index (κ2) is 12.5. The molecule has 0 saturated carbocycles. The molecule has 3 rings (SSSR count). The number of aliphatic hydroxyl groups is 1. The first kappa shape index (κ1) is 29.5. The molecule has 0 radical (unpaired) electrons. The van der Waals surface area contributed by atoms with E-state index in [9.17, 15) is 10.2 Å². The molecule has 0 aliphatic carbocycles. The molecule has 2 heterocycles. The number of halogens is 4. The van der Waals surface area contributed by atoms with Gasteiger partial charge in [-0.3, -0.25) is 4.98 Å². The fraction of sp³-hybridized carbons (Fsp3) is 0.333. The summed E-state index contributed by atoms with van der Waals surface area (Å²) in [7, 11) is 1.98. The third-order valence-electron chi connectivity index (χ3n) is 4.64. The molecule has 0 atom stereocenters. The van der Waals surface area contributed by atoms with Gasteiger partial charge in [0.2, 0.25) is 0 Å². The van der Waals surface area contributed by atoms with Crippen molar-refractivity contribution in [3.8, 4) is 22.7 Å². The highest BCUT2D eigenvalue weighted by atomic mass is 35.5. The van der Waals surface area contributed by atoms with Gasteiger partial charge in [-0.1, -0.05) is 31.5 Å². The van der Waals surface area contributed by atoms with Crippen LogP contribution in [0.5, 0.6) is 5.75 Å². The van der Waals surface area contributed by atoms with Crippen molar-refractivity contribution in [3.05, 3.63) is 59.8 Å². The van der Waals surface area contributed by atoms with Gasteiger partial charge in [0.1, 0.15) is 11.6 Å². The number of likely N-dealkylation sites (N-methyl/N-ethyl adjacent to an activating group) is 1. The Morgan fingerprint density at radius 3 is 2.32 bits per heavy atom. The first-order valence-corrected chi connectivity index (χ1v) is 9.48. The number of hydrogen-bond acceptors (Lipinski definition) is 5. The Kier molecular flexibility index (Phi) is 11.9. The number of pyridine rings is 1. The van der Waals surface area contributed by atoms with E-state index < -0.39 is 0 Å². The lowest BCUT2D eigenvalue weighted by molar-refractivity contribution is 0.195. The molecule has 3 aromatic rings. The van der Waals surface area contributed by atoms with Crippen molar-refractivity contribution in [3.63, 3.8) is 0 Å². The number of benzene rings is 1. The maximum Gasteiger partial charge on any atom is 0.134 e. The first-order valence-electron chi connectivity index (χ1n) is 9.10. The van der Waals surface area contributed by atoms with Crippen LogP contribution in [0.15, 0.2) is 48.9 Å². The van der Waals surface area contributed by atoms with Gasteiger partial charge in [0.05, 0.1) is 17.3 Å². The Morgan fingerprint density at radius 2 is 1.74 bits per heavy atom. The molecule has 31 heavy (non-hydrogen) atoms. The van der Waals surface area contributed by atoms with Crippen LogP contribution >= 0.6 is 48.8 Å². The van der Waals surface area contributed by atoms with Gasteiger partial charge in [-0.25, -0.2) is 4.98 Å². The number of imidazole rings is 1. The SMILES string of the molecule is CN(CCO)CC(C)(C)c1nc(-c2ccc(Cl)c(O)c2)cn1-c1ccncc1.Cl.Cl.Cl. The smallest absolute Gasteiger partial charge is 0.134 e. The lowest BCUT2D eigenvalue weighted by Crippen LogP contribution is -2.37. The monoisotopic (exact) mass is 508 g/mol. The first-order chi connectivity index (χ1) is 13.3. The van der Waals surface area contributed by atoms with Gasteiger partial charge in [0.15, 0.2) is 0 Å². The molecule has 0 aliphatic rings. The van der Waals surface area contributed by atoms with Gasteiger partial charge in [-0.15, -0.1) is 37.2 Å². The van der Waals surface area contributed by atoms with Crippen molar-refractivity contribution in [1.82, 2.24) is 19.4 Å². The quantitative estimate of drug-likeness (QED) is 0.480. The number of aromatic nitrogens is 3. The summed E-state index contributed by atoms with van der Waals surface area (Å²) in [5.41, 5.74) is 2.20. The maximum atomic E-state index is 9.99. The summed E-state index contributed by atoms with van der Waals surface area (Å²) >= 11 is 5.95. The molecule has 0 saturated heterocycles. The molecular weight excluding hydrogens is 482 g/mol. The lowest BCUT2D eigenvalue weighted by atomic mass is 9.91. The molecule has 172 valence electrons. The average molecular weight is 510 g/mol. The number of phenolic OH excluding ortho intramolecular Hbond substituents is 1. The van der Waals surface area contributed by atoms with Crippen LogP contribution in [0, 0.1) is 0 Å². The van der Waals surface area contributed by atoms with Crippen LogP contribution in [0.2, 0.25) is 5.02 Å². The molecular formula is C21H28Cl4N4O2. The highest BCUT2D eigenvalue weighted by molar-refractivity contribution is 6.32. The fourth-order valence-corrected chi connectivity index (χ4v) is 3.48. The van der Waals surface area contributed by atoms with E-state index in [1.165, 1.54) is 0 Å². The molecule has 6 nitrogen and oxygen atoms in total. The summed E-state index contributed by atoms with van der Waals surface area (Å²) in [4.78, 5) is 11.1. The molecule has 10 heteroatoms. The van der Waals surface area contributed by atoms with Crippen molar-refractivity contribution < 1.29 is 10.2 Å². The number of hydrogen-bond donors (Lipinski definition) is 2. The molecule has 0 aliphatic heterocycles. The topological polar surface area (TPSA) is 74.4 Å². The summed E-state index contributed by atoms with van der Waals surface area (Å²) in [5.74, 6) is 0.911. The summed E-state index contributed by atoms with van der Waals surface area (Å²) in [6, 6.07) is 8.99. The highest BCUT2D eigenvalue weighted by Crippen LogP contribution is 2.33. The van der Waals surface area contributed by atoms with Crippen LogP contribution in [-0.2, 0) is 5.41 Å². The molecule has 0 amide bonds. The third-order valence-corrected chi connectivity index (χ3v) is 4.96. The third kappa shape index (κ3) is 6.97. The van der Waals surface area contributed by atoms with E-state index in [4.69, 9.17) is 16.6 Å². The van der Waals surface area contributed by atoms with E-state index in [-0.39, 0.29) is 55.0 Å². The summed E-state index contributed by atoms with van der Waals surface area (Å²) in [6.45, 7) is 5.69. The summed E-state index contributed by atoms with van der Waals surface area (Å²) in [5, 5.41) is 19.5. The van der Waals surface area contributed by atoms with E-state index >= 15 is 0 Å². The van der Waals surface area contributed by atoms with E-state index in [0.29, 0.717) is 11.6 Å². The number of aliphatic hydroxyl groups excluding tert-OH is 1. The van der Waals surface area contributed by atoms with Gasteiger partial charge >= 0.3 is 0 Å². The minimum Gasteiger partial charge on any atom is -0.506 e. The van der Waals surface area contributed by atoms with E-state index in [1.54, 1.807) is 24.5 Å². The number of aromatic hydroxyl groups is 1. The second-order valence-electron chi connectivity index (χ2n) is 7.54. The zero-order valence-corrected chi connectivity index (χ0v) is 20.7. The van der Waals surface area contributed by atoms with E-state index in [0.717, 1.165) is 29.3 Å². The molecule has 2 aromatic heterocycles. The minimum absolute atomic E-state index is 0. The normalized spacial score (nSPS) is 10.8. The predicted molar refractivity (Wildman–Crippen MR) is 133 cm³/mol. The standard InChI is InChI=1S/C21H25ClN4O2.3ClH/c1-21(2,14-25(3)10-11-27)20-24-18(15-4-5-17(22)19(28)12-15)13-26(20)16-6-8-23-9-7-16;;;/h4-9,12-13,27-28H,10-11,14H2,1-3H3;3*1H. The molecule has 0 bridgehead atoms. The number of phenols is 1. The minimum atomic E-state index is -0.292. The maximum absolute atomic E-state index is 9.99. The molecule has 1 aromatic carbocycles. The summed E-state index contributed by atoms with van der Waals surface area (Å²) in [6.07, 6.45) is 5.46. The van der Waals surface area contributed by atoms with Crippen molar-refractivity contribution in [2.45, 2.75) is 19.3 Å². The zero-order chi connectivity index (χ0) is 20.3. The Hall–Kier alpha value is -1.54. The van der Waals surface area contributed by atoms with Crippen LogP contribution in [0.3, 0.4) is 0 Å². The van der Waals surface area contributed by atoms with E-state index in [2.05, 4.69) is 28.3 Å². The van der Waals surface area contributed by atoms with Crippen LogP contribution in [0.4, 0.5) is 0 Å². The summed E-state index contributed by atoms with van der Waals surface area (Å²) < 4.78 is 2.05. The molecule has 0 fully saturated rings. The number of rotatable bonds is 7. The van der Waals surface area contributed by atoms with Gasteiger partial charge in [0, 0.05) is 48.3 Å². The van der Waals surface area contributed by atoms with E-state index in [1.807, 2.05) is 31.4 Å². The van der Waals surface area contributed by atoms with Gasteiger partial charge in [-0.2, -0.15) is 0 Å². The van der Waals surface area contributed by atoms with Gasteiger partial charge in [0.25, 0.3) is 0 Å². The van der Waals surface area contributed by atoms with Crippen LogP contribution in [0.1, 0.15) is 19.7 Å². The highest BCUT2D eigenvalue weighted by Gasteiger charge is 2.29. The average Bonchev–Trinajstić information content (AvgIpc) is 3.11. The largest absolute Gasteiger partial charge is 0.506 e. The van der Waals surface area contributed by atoms with Crippen molar-refractivity contribution in [2.75, 3.05) is 26.7 Å². The number of nitrogens with zero attached hydrogens (tertiary/aromatic N) is 4. The van der Waals surface area contributed by atoms with Crippen molar-refractivity contribution in [2.24, 2.45) is 0 Å². The van der Waals surface area contributed by atoms with Crippen molar-refractivity contribution >= 4 is 48.8 Å². The zero-order valence-electron chi connectivity index (χ0n) is 17.5. The Labute approximate surface area is 206 Å². The predicted octanol–water partition coefficient (Wildman–Crippen LogP) is 4.76. The Bertz CT molecular complexity index is 952. The van der Waals surface area contributed by atoms with Crippen LogP contribution in [0.25, 0.3) is 16.9 Å². The van der Waals surface area contributed by atoms with Crippen molar-refractivity contribution in [1.29, 1.82) is 0 Å². The molecule has 0 unspecified atom stereocenters. The fourth-order valence-electron chi connectivity index (χ4n) is 3.37.